The predicted molar refractivity (Wildman–Crippen MR) is 55.1 cm³/mol. The molecule has 5 heteroatoms. The molecule has 0 aromatic carbocycles. The minimum Gasteiger partial charge on any atom is -0.313 e. The Bertz CT molecular complexity index is 396. The topological polar surface area (TPSA) is 46.3 Å². The lowest BCUT2D eigenvalue weighted by molar-refractivity contribution is 0.321. The molecule has 1 aromatic heterocycles. The van der Waals surface area contributed by atoms with Crippen LogP contribution in [0.3, 0.4) is 0 Å². The van der Waals surface area contributed by atoms with Gasteiger partial charge in [0.05, 0.1) is 0 Å². The third-order valence-electron chi connectivity index (χ3n) is 2.10. The van der Waals surface area contributed by atoms with Crippen molar-refractivity contribution in [3.8, 4) is 0 Å². The summed E-state index contributed by atoms with van der Waals surface area (Å²) >= 11 is 0. The average molecular weight is 191 g/mol. The van der Waals surface area contributed by atoms with Gasteiger partial charge in [-0.05, 0) is 20.8 Å². The van der Waals surface area contributed by atoms with Crippen molar-refractivity contribution in [2.75, 3.05) is 0 Å². The number of fused-ring (bicyclic) bond motifs is 1. The van der Waals surface area contributed by atoms with Crippen molar-refractivity contribution in [2.45, 2.75) is 26.3 Å². The minimum atomic E-state index is -0.0391. The Morgan fingerprint density at radius 3 is 2.71 bits per heavy atom. The summed E-state index contributed by atoms with van der Waals surface area (Å²) in [5.41, 5.74) is -0.0391. The number of aromatic nitrogens is 3. The van der Waals surface area contributed by atoms with Crippen molar-refractivity contribution in [1.82, 2.24) is 19.7 Å². The van der Waals surface area contributed by atoms with Gasteiger partial charge in [-0.2, -0.15) is 0 Å². The first-order chi connectivity index (χ1) is 6.50. The normalized spacial score (nSPS) is 15.9. The molecule has 14 heavy (non-hydrogen) atoms. The van der Waals surface area contributed by atoms with E-state index in [9.17, 15) is 0 Å². The maximum atomic E-state index is 4.18. The fourth-order valence-electron chi connectivity index (χ4n) is 1.35. The highest BCUT2D eigenvalue weighted by atomic mass is 15.4. The van der Waals surface area contributed by atoms with Crippen molar-refractivity contribution >= 4 is 18.1 Å². The third-order valence-corrected chi connectivity index (χ3v) is 2.10. The maximum Gasteiger partial charge on any atom is 0.257 e. The Morgan fingerprint density at radius 1 is 1.36 bits per heavy atom. The zero-order chi connectivity index (χ0) is 10.3. The van der Waals surface area contributed by atoms with Gasteiger partial charge in [0.15, 0.2) is 0 Å². The van der Waals surface area contributed by atoms with Crippen molar-refractivity contribution in [1.29, 1.82) is 0 Å². The second-order valence-corrected chi connectivity index (χ2v) is 4.20. The van der Waals surface area contributed by atoms with Gasteiger partial charge in [-0.15, -0.1) is 10.2 Å². The van der Waals surface area contributed by atoms with E-state index in [-0.39, 0.29) is 5.54 Å². The van der Waals surface area contributed by atoms with Crippen LogP contribution in [0.4, 0.5) is 5.95 Å². The highest BCUT2D eigenvalue weighted by molar-refractivity contribution is 5.74. The van der Waals surface area contributed by atoms with E-state index in [1.807, 2.05) is 4.90 Å². The fourth-order valence-corrected chi connectivity index (χ4v) is 1.35. The van der Waals surface area contributed by atoms with Crippen LogP contribution >= 0.6 is 0 Å². The molecule has 2 heterocycles. The largest absolute Gasteiger partial charge is 0.313 e. The van der Waals surface area contributed by atoms with E-state index >= 15 is 0 Å². The number of rotatable bonds is 0. The smallest absolute Gasteiger partial charge is 0.257 e. The van der Waals surface area contributed by atoms with Crippen molar-refractivity contribution in [3.63, 3.8) is 0 Å². The second kappa shape index (κ2) is 2.67. The Balaban J connectivity index is 2.43. The van der Waals surface area contributed by atoms with E-state index in [0.29, 0.717) is 5.95 Å². The molecule has 0 fully saturated rings. The Morgan fingerprint density at radius 2 is 2.07 bits per heavy atom. The number of hydrogen-bond acceptors (Lipinski definition) is 4. The molecular formula is C9H13N5. The summed E-state index contributed by atoms with van der Waals surface area (Å²) in [5, 5.41) is 7.63. The molecule has 1 aliphatic heterocycles. The molecule has 0 saturated carbocycles. The molecule has 1 aromatic rings. The molecule has 0 atom stereocenters. The lowest BCUT2D eigenvalue weighted by atomic mass is 10.1. The molecule has 0 N–H and O–H groups in total. The highest BCUT2D eigenvalue weighted by Crippen LogP contribution is 2.26. The van der Waals surface area contributed by atoms with Gasteiger partial charge >= 0.3 is 0 Å². The van der Waals surface area contributed by atoms with Gasteiger partial charge in [-0.3, -0.25) is 4.57 Å². The Labute approximate surface area is 82.8 Å². The molecule has 74 valence electrons. The van der Waals surface area contributed by atoms with Gasteiger partial charge in [0.25, 0.3) is 5.95 Å². The molecule has 2 rings (SSSR count). The first kappa shape index (κ1) is 8.93. The molecule has 0 radical (unpaired) electrons. The maximum absolute atomic E-state index is 4.18. The summed E-state index contributed by atoms with van der Waals surface area (Å²) in [5.74, 6) is 1.41. The number of nitrogens with zero attached hydrogens (tertiary/aromatic N) is 5. The molecular weight excluding hydrogens is 178 g/mol. The molecule has 0 amide bonds. The zero-order valence-electron chi connectivity index (χ0n) is 8.60. The average Bonchev–Trinajstić information content (AvgIpc) is 2.50. The van der Waals surface area contributed by atoms with Crippen LogP contribution in [-0.2, 0) is 0 Å². The van der Waals surface area contributed by atoms with Crippen LogP contribution in [0.25, 0.3) is 5.82 Å². The quantitative estimate of drug-likeness (QED) is 0.624. The molecule has 1 aliphatic rings. The SMILES string of the molecule is C=C1N(C(C)(C)C)C=Nc2nncn21. The number of aliphatic imine (C=N–C) groups is 1. The summed E-state index contributed by atoms with van der Waals surface area (Å²) in [6.45, 7) is 10.3. The van der Waals surface area contributed by atoms with Crippen LogP contribution in [-0.4, -0.2) is 31.5 Å². The van der Waals surface area contributed by atoms with Crippen LogP contribution in [0.1, 0.15) is 20.8 Å². The minimum absolute atomic E-state index is 0.0391. The lowest BCUT2D eigenvalue weighted by Gasteiger charge is -2.36. The Hall–Kier alpha value is -1.65. The first-order valence-corrected chi connectivity index (χ1v) is 4.43. The second-order valence-electron chi connectivity index (χ2n) is 4.20. The van der Waals surface area contributed by atoms with Crippen LogP contribution in [0, 0.1) is 0 Å². The molecule has 0 bridgehead atoms. The van der Waals surface area contributed by atoms with E-state index in [1.165, 1.54) is 0 Å². The number of hydrogen-bond donors (Lipinski definition) is 0. The van der Waals surface area contributed by atoms with Gasteiger partial charge in [-0.25, -0.2) is 4.99 Å². The van der Waals surface area contributed by atoms with E-state index < -0.39 is 0 Å². The van der Waals surface area contributed by atoms with Crippen LogP contribution in [0.2, 0.25) is 0 Å². The van der Waals surface area contributed by atoms with Crippen LogP contribution < -0.4 is 0 Å². The third kappa shape index (κ3) is 1.21. The summed E-state index contributed by atoms with van der Waals surface area (Å²) in [4.78, 5) is 6.17. The van der Waals surface area contributed by atoms with Crippen LogP contribution in [0.15, 0.2) is 17.9 Å². The highest BCUT2D eigenvalue weighted by Gasteiger charge is 2.26. The first-order valence-electron chi connectivity index (χ1n) is 4.43. The molecule has 0 spiro atoms. The summed E-state index contributed by atoms with van der Waals surface area (Å²) in [7, 11) is 0. The summed E-state index contributed by atoms with van der Waals surface area (Å²) in [6, 6.07) is 0. The standard InChI is InChI=1S/C9H13N5/c1-7-13-6-11-12-8(13)10-5-14(7)9(2,3)4/h5-6H,1H2,2-4H3. The van der Waals surface area contributed by atoms with E-state index in [0.717, 1.165) is 5.82 Å². The molecule has 0 aliphatic carbocycles. The molecule has 0 unspecified atom stereocenters. The van der Waals surface area contributed by atoms with E-state index in [4.69, 9.17) is 0 Å². The zero-order valence-corrected chi connectivity index (χ0v) is 8.60. The van der Waals surface area contributed by atoms with Gasteiger partial charge in [0.1, 0.15) is 18.5 Å². The van der Waals surface area contributed by atoms with Gasteiger partial charge < -0.3 is 4.90 Å². The van der Waals surface area contributed by atoms with Crippen molar-refractivity contribution in [3.05, 3.63) is 12.9 Å². The summed E-state index contributed by atoms with van der Waals surface area (Å²) < 4.78 is 1.77. The molecule has 5 nitrogen and oxygen atoms in total. The van der Waals surface area contributed by atoms with E-state index in [2.05, 4.69) is 42.5 Å². The summed E-state index contributed by atoms with van der Waals surface area (Å²) in [6.07, 6.45) is 3.36. The van der Waals surface area contributed by atoms with Crippen molar-refractivity contribution < 1.29 is 0 Å². The van der Waals surface area contributed by atoms with Crippen LogP contribution in [0.5, 0.6) is 0 Å². The predicted octanol–water partition coefficient (Wildman–Crippen LogP) is 1.48. The van der Waals surface area contributed by atoms with Crippen molar-refractivity contribution in [2.24, 2.45) is 4.99 Å². The molecule has 0 saturated heterocycles. The van der Waals surface area contributed by atoms with Gasteiger partial charge in [-0.1, -0.05) is 6.58 Å². The van der Waals surface area contributed by atoms with E-state index in [1.54, 1.807) is 17.2 Å². The fraction of sp³-hybridized carbons (Fsp3) is 0.444. The lowest BCUT2D eigenvalue weighted by Crippen LogP contribution is -2.41. The van der Waals surface area contributed by atoms with Gasteiger partial charge in [0.2, 0.25) is 0 Å². The van der Waals surface area contributed by atoms with Gasteiger partial charge in [0, 0.05) is 5.54 Å². The monoisotopic (exact) mass is 191 g/mol. The Kier molecular flexibility index (Phi) is 1.70.